The number of ether oxygens (including phenoxy) is 1. The molecular weight excluding hydrogens is 226 g/mol. The van der Waals surface area contributed by atoms with E-state index in [2.05, 4.69) is 10.8 Å². The number of carbonyl (C=O) groups excluding carboxylic acids is 1. The molecule has 0 aliphatic carbocycles. The van der Waals surface area contributed by atoms with E-state index in [1.54, 1.807) is 12.1 Å². The van der Waals surface area contributed by atoms with Gasteiger partial charge in [0.05, 0.1) is 24.3 Å². The second kappa shape index (κ2) is 5.53. The highest BCUT2D eigenvalue weighted by Gasteiger charge is 2.15. The van der Waals surface area contributed by atoms with Gasteiger partial charge in [-0.05, 0) is 29.7 Å². The highest BCUT2D eigenvalue weighted by Crippen LogP contribution is 2.20. The lowest BCUT2D eigenvalue weighted by Crippen LogP contribution is -2.08. The van der Waals surface area contributed by atoms with Crippen LogP contribution in [0.1, 0.15) is 34.0 Å². The first-order valence-electron chi connectivity index (χ1n) is 4.88. The van der Waals surface area contributed by atoms with Crippen LogP contribution < -0.4 is 0 Å². The summed E-state index contributed by atoms with van der Waals surface area (Å²) in [5.41, 5.74) is 2.37. The van der Waals surface area contributed by atoms with Crippen molar-refractivity contribution in [1.82, 2.24) is 0 Å². The molecule has 16 heavy (non-hydrogen) atoms. The lowest BCUT2D eigenvalue weighted by Gasteiger charge is -2.09. The van der Waals surface area contributed by atoms with Crippen molar-refractivity contribution in [3.8, 4) is 6.07 Å². The minimum absolute atomic E-state index is 0.267. The second-order valence-corrected chi connectivity index (χ2v) is 3.53. The Bertz CT molecular complexity index is 449. The zero-order valence-corrected chi connectivity index (χ0v) is 9.97. The third-order valence-corrected chi connectivity index (χ3v) is 2.65. The first-order chi connectivity index (χ1) is 7.67. The fourth-order valence-corrected chi connectivity index (χ4v) is 1.74. The van der Waals surface area contributed by atoms with Crippen LogP contribution in [-0.4, -0.2) is 13.1 Å². The number of benzene rings is 1. The molecule has 84 valence electrons. The molecule has 0 aromatic heterocycles. The van der Waals surface area contributed by atoms with E-state index in [-0.39, 0.29) is 5.88 Å². The number of rotatable bonds is 3. The molecule has 0 bridgehead atoms. The van der Waals surface area contributed by atoms with E-state index in [0.29, 0.717) is 23.1 Å². The molecule has 0 spiro atoms. The van der Waals surface area contributed by atoms with Crippen LogP contribution in [0.4, 0.5) is 0 Å². The molecule has 4 heteroatoms. The maximum Gasteiger partial charge on any atom is 0.338 e. The Morgan fingerprint density at radius 3 is 2.69 bits per heavy atom. The van der Waals surface area contributed by atoms with Gasteiger partial charge in [-0.3, -0.25) is 0 Å². The second-order valence-electron chi connectivity index (χ2n) is 3.26. The van der Waals surface area contributed by atoms with Crippen molar-refractivity contribution in [2.45, 2.75) is 19.2 Å². The van der Waals surface area contributed by atoms with Crippen LogP contribution in [0.2, 0.25) is 0 Å². The summed E-state index contributed by atoms with van der Waals surface area (Å²) in [6.45, 7) is 1.89. The Morgan fingerprint density at radius 1 is 1.56 bits per heavy atom. The maximum absolute atomic E-state index is 11.6. The van der Waals surface area contributed by atoms with Crippen molar-refractivity contribution in [3.05, 3.63) is 34.4 Å². The zero-order valence-electron chi connectivity index (χ0n) is 9.21. The van der Waals surface area contributed by atoms with E-state index in [1.165, 1.54) is 7.11 Å². The molecule has 0 saturated carbocycles. The maximum atomic E-state index is 11.6. The Kier molecular flexibility index (Phi) is 4.33. The largest absolute Gasteiger partial charge is 0.465 e. The van der Waals surface area contributed by atoms with Crippen molar-refractivity contribution >= 4 is 17.6 Å². The normalized spacial score (nSPS) is 9.62. The minimum atomic E-state index is -0.430. The molecule has 3 nitrogen and oxygen atoms in total. The van der Waals surface area contributed by atoms with Crippen LogP contribution in [0, 0.1) is 11.3 Å². The van der Waals surface area contributed by atoms with Crippen molar-refractivity contribution in [1.29, 1.82) is 5.26 Å². The molecule has 0 radical (unpaired) electrons. The van der Waals surface area contributed by atoms with Crippen LogP contribution in [0.5, 0.6) is 0 Å². The van der Waals surface area contributed by atoms with Gasteiger partial charge in [0, 0.05) is 5.88 Å². The zero-order chi connectivity index (χ0) is 12.1. The van der Waals surface area contributed by atoms with Crippen molar-refractivity contribution in [3.63, 3.8) is 0 Å². The van der Waals surface area contributed by atoms with Gasteiger partial charge >= 0.3 is 5.97 Å². The molecule has 1 rings (SSSR count). The van der Waals surface area contributed by atoms with E-state index >= 15 is 0 Å². The average molecular weight is 238 g/mol. The molecule has 0 saturated heterocycles. The molecule has 1 aromatic carbocycles. The predicted octanol–water partition coefficient (Wildman–Crippen LogP) is 2.65. The lowest BCUT2D eigenvalue weighted by molar-refractivity contribution is 0.0599. The minimum Gasteiger partial charge on any atom is -0.465 e. The molecule has 0 aliphatic rings. The molecule has 0 atom stereocenters. The fourth-order valence-electron chi connectivity index (χ4n) is 1.58. The summed E-state index contributed by atoms with van der Waals surface area (Å²) in [7, 11) is 1.32. The SMILES string of the molecule is CCc1c(C#N)cc(CCl)cc1C(=O)OC. The molecule has 0 amide bonds. The number of carbonyl (C=O) groups is 1. The van der Waals surface area contributed by atoms with Gasteiger partial charge in [-0.2, -0.15) is 5.26 Å². The highest BCUT2D eigenvalue weighted by atomic mass is 35.5. The molecule has 0 unspecified atom stereocenters. The first kappa shape index (κ1) is 12.5. The Morgan fingerprint density at radius 2 is 2.25 bits per heavy atom. The molecular formula is C12H12ClNO2. The van der Waals surface area contributed by atoms with Gasteiger partial charge in [-0.15, -0.1) is 11.6 Å². The Hall–Kier alpha value is -1.53. The third-order valence-electron chi connectivity index (χ3n) is 2.34. The van der Waals surface area contributed by atoms with E-state index < -0.39 is 5.97 Å². The molecule has 0 fully saturated rings. The molecule has 0 heterocycles. The van der Waals surface area contributed by atoms with Gasteiger partial charge in [-0.1, -0.05) is 6.92 Å². The van der Waals surface area contributed by atoms with Gasteiger partial charge in [-0.25, -0.2) is 4.79 Å². The van der Waals surface area contributed by atoms with Crippen LogP contribution in [0.15, 0.2) is 12.1 Å². The van der Waals surface area contributed by atoms with Gasteiger partial charge in [0.25, 0.3) is 0 Å². The number of alkyl halides is 1. The number of nitrogens with zero attached hydrogens (tertiary/aromatic N) is 1. The Balaban J connectivity index is 3.44. The topological polar surface area (TPSA) is 50.1 Å². The summed E-state index contributed by atoms with van der Waals surface area (Å²) in [6, 6.07) is 5.46. The van der Waals surface area contributed by atoms with E-state index in [4.69, 9.17) is 16.9 Å². The summed E-state index contributed by atoms with van der Waals surface area (Å²) in [4.78, 5) is 11.6. The lowest BCUT2D eigenvalue weighted by atomic mass is 9.97. The summed E-state index contributed by atoms with van der Waals surface area (Å²) in [6.07, 6.45) is 0.607. The Labute approximate surface area is 99.6 Å². The summed E-state index contributed by atoms with van der Waals surface area (Å²) >= 11 is 5.71. The number of esters is 1. The average Bonchev–Trinajstić information content (AvgIpc) is 2.35. The number of nitriles is 1. The predicted molar refractivity (Wildman–Crippen MR) is 61.4 cm³/mol. The molecule has 1 aromatic rings. The van der Waals surface area contributed by atoms with E-state index in [9.17, 15) is 4.79 Å². The van der Waals surface area contributed by atoms with E-state index in [0.717, 1.165) is 5.56 Å². The highest BCUT2D eigenvalue weighted by molar-refractivity contribution is 6.17. The van der Waals surface area contributed by atoms with E-state index in [1.807, 2.05) is 6.92 Å². The summed E-state index contributed by atoms with van der Waals surface area (Å²) in [5.74, 6) is -0.164. The van der Waals surface area contributed by atoms with Gasteiger partial charge in [0.1, 0.15) is 0 Å². The van der Waals surface area contributed by atoms with Crippen molar-refractivity contribution < 1.29 is 9.53 Å². The summed E-state index contributed by atoms with van der Waals surface area (Å²) < 4.78 is 4.69. The monoisotopic (exact) mass is 237 g/mol. The first-order valence-corrected chi connectivity index (χ1v) is 5.41. The van der Waals surface area contributed by atoms with Gasteiger partial charge in [0.2, 0.25) is 0 Å². The van der Waals surface area contributed by atoms with Crippen LogP contribution in [0.25, 0.3) is 0 Å². The van der Waals surface area contributed by atoms with Crippen molar-refractivity contribution in [2.24, 2.45) is 0 Å². The fraction of sp³-hybridized carbons (Fsp3) is 0.333. The smallest absolute Gasteiger partial charge is 0.338 e. The standard InChI is InChI=1S/C12H12ClNO2/c1-3-10-9(7-14)4-8(6-13)5-11(10)12(15)16-2/h4-5H,3,6H2,1-2H3. The number of hydrogen-bond acceptors (Lipinski definition) is 3. The van der Waals surface area contributed by atoms with Crippen LogP contribution in [0.3, 0.4) is 0 Å². The number of hydrogen-bond donors (Lipinski definition) is 0. The number of methoxy groups -OCH3 is 1. The molecule has 0 aliphatic heterocycles. The van der Waals surface area contributed by atoms with Gasteiger partial charge < -0.3 is 4.74 Å². The van der Waals surface area contributed by atoms with Crippen LogP contribution in [-0.2, 0) is 17.0 Å². The third kappa shape index (κ3) is 2.34. The quantitative estimate of drug-likeness (QED) is 0.600. The summed E-state index contributed by atoms with van der Waals surface area (Å²) in [5, 5.41) is 9.00. The van der Waals surface area contributed by atoms with Crippen molar-refractivity contribution in [2.75, 3.05) is 7.11 Å². The molecule has 0 N–H and O–H groups in total. The van der Waals surface area contributed by atoms with Crippen LogP contribution >= 0.6 is 11.6 Å². The number of halogens is 1. The van der Waals surface area contributed by atoms with Gasteiger partial charge in [0.15, 0.2) is 0 Å².